The number of rotatable bonds is 11. The highest BCUT2D eigenvalue weighted by molar-refractivity contribution is 6.31. The van der Waals surface area contributed by atoms with Gasteiger partial charge in [-0.05, 0) is 132 Å². The van der Waals surface area contributed by atoms with E-state index in [9.17, 15) is 32.7 Å². The van der Waals surface area contributed by atoms with Crippen LogP contribution in [0.3, 0.4) is 0 Å². The molecule has 4 N–H and O–H groups in total. The van der Waals surface area contributed by atoms with Gasteiger partial charge >= 0.3 is 6.18 Å². The molecule has 2 saturated carbocycles. The van der Waals surface area contributed by atoms with E-state index in [-0.39, 0.29) is 103 Å². The molecule has 2 aromatic rings. The fourth-order valence-corrected chi connectivity index (χ4v) is 16.2. The molecule has 0 radical (unpaired) electrons. The molecule has 10 atom stereocenters. The van der Waals surface area contributed by atoms with Gasteiger partial charge in [0.1, 0.15) is 54.1 Å². The first kappa shape index (κ1) is 82.2. The van der Waals surface area contributed by atoms with Gasteiger partial charge < -0.3 is 65.0 Å². The fourth-order valence-electron chi connectivity index (χ4n) is 15.9. The van der Waals surface area contributed by atoms with Crippen LogP contribution in [0.25, 0.3) is 0 Å². The lowest BCUT2D eigenvalue weighted by Crippen LogP contribution is -2.65. The minimum Gasteiger partial charge on any atom is -0.378 e. The zero-order valence-electron chi connectivity index (χ0n) is 62.4. The molecule has 1 unspecified atom stereocenters. The summed E-state index contributed by atoms with van der Waals surface area (Å²) in [6.45, 7) is 9.12. The third-order valence-corrected chi connectivity index (χ3v) is 22.8. The highest BCUT2D eigenvalue weighted by atomic mass is 35.5. The number of morpholine rings is 1. The fraction of sp³-hybridized carbons (Fsp3) is 0.693. The molecule has 0 aromatic heterocycles. The van der Waals surface area contributed by atoms with Crippen molar-refractivity contribution in [1.82, 2.24) is 60.0 Å². The highest BCUT2D eigenvalue weighted by Gasteiger charge is 2.52. The average molecular weight is 1480 g/mol. The van der Waals surface area contributed by atoms with Crippen molar-refractivity contribution in [2.45, 2.75) is 223 Å². The van der Waals surface area contributed by atoms with Crippen LogP contribution >= 0.6 is 11.6 Å². The van der Waals surface area contributed by atoms with Crippen LogP contribution in [0.2, 0.25) is 5.02 Å². The van der Waals surface area contributed by atoms with Gasteiger partial charge in [0.25, 0.3) is 0 Å². The van der Waals surface area contributed by atoms with Crippen LogP contribution in [0.1, 0.15) is 159 Å². The first-order valence-electron chi connectivity index (χ1n) is 37.2. The summed E-state index contributed by atoms with van der Waals surface area (Å²) in [5, 5.41) is 20.4. The van der Waals surface area contributed by atoms with Crippen molar-refractivity contribution >= 4 is 76.6 Å². The van der Waals surface area contributed by atoms with Gasteiger partial charge in [-0.2, -0.15) is 13.2 Å². The maximum absolute atomic E-state index is 15.7. The maximum Gasteiger partial charge on any atom is 0.417 e. The summed E-state index contributed by atoms with van der Waals surface area (Å²) in [6.07, 6.45) is -1.08. The number of hydrogen-bond donors (Lipinski definition) is 4. The number of ether oxygens (including phenoxy) is 1. The Hall–Kier alpha value is -7.43. The van der Waals surface area contributed by atoms with E-state index >= 15 is 38.4 Å². The van der Waals surface area contributed by atoms with Crippen molar-refractivity contribution in [3.05, 3.63) is 69.7 Å². The molecule has 11 amide bonds. The van der Waals surface area contributed by atoms with E-state index in [0.717, 1.165) is 35.4 Å². The molecular formula is C75H110ClF3N12O13. The van der Waals surface area contributed by atoms with Gasteiger partial charge in [0.05, 0.1) is 49.4 Å². The normalized spacial score (nSPS) is 27.4. The number of carbonyl (C=O) groups is 11. The Bertz CT molecular complexity index is 3400. The van der Waals surface area contributed by atoms with Gasteiger partial charge in [-0.25, -0.2) is 0 Å². The molecule has 29 heteroatoms. The molecule has 2 aromatic carbocycles. The Morgan fingerprint density at radius 2 is 1.31 bits per heavy atom. The van der Waals surface area contributed by atoms with Crippen molar-refractivity contribution in [2.24, 2.45) is 17.8 Å². The number of nitrogens with one attached hydrogen (secondary N) is 3. The molecular weight excluding hydrogens is 1370 g/mol. The topological polar surface area (TPSA) is 282 Å². The number of aliphatic hydroxyl groups excluding tert-OH is 1. The summed E-state index contributed by atoms with van der Waals surface area (Å²) in [7, 11) is 8.77. The number of fused-ring (bicyclic) bond motifs is 3. The molecule has 8 rings (SSSR count). The second kappa shape index (κ2) is 36.2. The first-order chi connectivity index (χ1) is 49.2. The van der Waals surface area contributed by atoms with Crippen LogP contribution in [-0.2, 0) is 76.5 Å². The summed E-state index contributed by atoms with van der Waals surface area (Å²) in [5.41, 5.74) is -0.742. The number of likely N-dealkylation sites (N-methyl/N-ethyl adjacent to an activating group) is 6. The Labute approximate surface area is 614 Å². The number of aliphatic hydroxyl groups is 1. The number of benzene rings is 2. The molecule has 2 aliphatic carbocycles. The number of carbonyl (C=O) groups excluding carboxylic acids is 11. The molecule has 4 heterocycles. The van der Waals surface area contributed by atoms with E-state index in [1.165, 1.54) is 80.5 Å². The first-order valence-corrected chi connectivity index (χ1v) is 37.6. The summed E-state index contributed by atoms with van der Waals surface area (Å²) in [4.78, 5) is 179. The lowest BCUT2D eigenvalue weighted by molar-refractivity contribution is -0.157. The van der Waals surface area contributed by atoms with Gasteiger partial charge in [-0.15, -0.1) is 0 Å². The predicted molar refractivity (Wildman–Crippen MR) is 382 cm³/mol. The van der Waals surface area contributed by atoms with Crippen molar-refractivity contribution < 1.29 is 75.8 Å². The molecule has 104 heavy (non-hydrogen) atoms. The Morgan fingerprint density at radius 1 is 0.683 bits per heavy atom. The Morgan fingerprint density at radius 3 is 1.93 bits per heavy atom. The summed E-state index contributed by atoms with van der Waals surface area (Å²) >= 11 is 6.19. The number of nitrogens with zero attached hydrogens (tertiary/aromatic N) is 9. The molecule has 4 saturated heterocycles. The smallest absolute Gasteiger partial charge is 0.378 e. The third kappa shape index (κ3) is 19.8. The molecule has 576 valence electrons. The van der Waals surface area contributed by atoms with E-state index in [1.807, 2.05) is 52.0 Å². The Balaban J connectivity index is 1.19. The monoisotopic (exact) mass is 1480 g/mol. The van der Waals surface area contributed by atoms with Gasteiger partial charge in [-0.1, -0.05) is 107 Å². The summed E-state index contributed by atoms with van der Waals surface area (Å²) in [5.74, 6) is -8.10. The highest BCUT2D eigenvalue weighted by Crippen LogP contribution is 2.39. The van der Waals surface area contributed by atoms with Gasteiger partial charge in [0, 0.05) is 67.8 Å². The molecule has 25 nitrogen and oxygen atoms in total. The summed E-state index contributed by atoms with van der Waals surface area (Å²) < 4.78 is 47.4. The van der Waals surface area contributed by atoms with Crippen molar-refractivity contribution in [2.75, 3.05) is 94.8 Å². The van der Waals surface area contributed by atoms with E-state index in [4.69, 9.17) is 16.3 Å². The van der Waals surface area contributed by atoms with Crippen LogP contribution in [0.5, 0.6) is 0 Å². The standard InChI is InChI=1S/C75H110ClF3N12O13/c1-12-48(5)63-71(101)84(7)45-62(94)85(8)56-22-15-18-34-91(70(56)100)59(42-50-26-24-47(4)25-27-50)68(98)83(6)44-60(92)80-54(31-29-49-28-30-52(53(76)41-49)75(77,78)79)67(97)90-35-19-23-55(90)66(96)82-74(32-16-17-33-74)73(103)88(11)64(51-20-13-14-21-51)72(102)87(10)58(69(99)89-36-38-104-39-37-89)43-61(93)86(9)57(40-46(2)3)65(95)81-63/h24-28,30,41,46,48,51,54-59,62-64,94H,12-23,29,31-40,42-45H2,1-11H3,(H,80,92)(H,81,95)(H,82,96)/t48-,54-,55-,56-,57-,58-,59-,62?,63-,64-/m0/s1. The molecule has 6 fully saturated rings. The quantitative estimate of drug-likeness (QED) is 0.226. The van der Waals surface area contributed by atoms with Gasteiger partial charge in [-0.3, -0.25) is 57.6 Å². The lowest BCUT2D eigenvalue weighted by atomic mass is 9.90. The molecule has 2 bridgehead atoms. The molecule has 4 aliphatic heterocycles. The summed E-state index contributed by atoms with van der Waals surface area (Å²) in [6, 6.07) is 0.646. The van der Waals surface area contributed by atoms with Gasteiger partial charge in [0.2, 0.25) is 65.0 Å². The predicted octanol–water partition coefficient (Wildman–Crippen LogP) is 5.17. The number of β-amino-alcohol motifs (C(OH)–C–C–N with tert-alkyl or cyclic N) is 1. The van der Waals surface area contributed by atoms with Crippen molar-refractivity contribution in [3.63, 3.8) is 0 Å². The number of hydrogen-bond acceptors (Lipinski definition) is 14. The largest absolute Gasteiger partial charge is 0.417 e. The average Bonchev–Trinajstić information content (AvgIpc) is 1.46. The second-order valence-electron chi connectivity index (χ2n) is 30.3. The van der Waals surface area contributed by atoms with Crippen LogP contribution in [0, 0.1) is 24.7 Å². The van der Waals surface area contributed by atoms with E-state index in [2.05, 4.69) is 16.0 Å². The minimum absolute atomic E-state index is 0.00180. The van der Waals surface area contributed by atoms with E-state index in [1.54, 1.807) is 14.0 Å². The van der Waals surface area contributed by atoms with Crippen LogP contribution in [-0.4, -0.2) is 269 Å². The lowest BCUT2D eigenvalue weighted by Gasteiger charge is -2.42. The second-order valence-corrected chi connectivity index (χ2v) is 30.7. The van der Waals surface area contributed by atoms with E-state index in [0.29, 0.717) is 62.5 Å². The maximum atomic E-state index is 15.7. The SMILES string of the molecule is CC[C@H](C)[C@@H]1NC(=O)[C@H](CC(C)C)N(C)C(=O)C[C@@H](C(=O)N2CCOCC2)N(C)C(=O)[C@H](C2CCCC2)N(C)C(=O)C2(CCCC2)NC(=O)[C@@H]2CCCN2C(=O)[C@H](CCc2ccc(C(F)(F)F)c(Cl)c2)NC(=O)CN(C)C(=O)[C@H](Cc2ccc(C)cc2)N2CCCC[C@@H](C2=O)N(C)C(O)CN(C)C1=O. The van der Waals surface area contributed by atoms with Crippen molar-refractivity contribution in [1.29, 1.82) is 0 Å². The van der Waals surface area contributed by atoms with Crippen LogP contribution in [0.4, 0.5) is 13.2 Å². The zero-order chi connectivity index (χ0) is 76.2. The zero-order valence-corrected chi connectivity index (χ0v) is 63.2. The number of alkyl halides is 3. The van der Waals surface area contributed by atoms with Crippen LogP contribution < -0.4 is 16.0 Å². The van der Waals surface area contributed by atoms with Crippen LogP contribution in [0.15, 0.2) is 42.5 Å². The minimum atomic E-state index is -4.77. The van der Waals surface area contributed by atoms with Gasteiger partial charge in [0.15, 0.2) is 0 Å². The van der Waals surface area contributed by atoms with E-state index < -0.39 is 167 Å². The van der Waals surface area contributed by atoms with Crippen molar-refractivity contribution in [3.8, 4) is 0 Å². The number of halogens is 4. The molecule has 1 spiro atoms. The number of aryl methyl sites for hydroxylation is 2. The third-order valence-electron chi connectivity index (χ3n) is 22.5. The Kier molecular flexibility index (Phi) is 28.7. The molecule has 6 aliphatic rings. The number of amides is 11.